The van der Waals surface area contributed by atoms with Crippen molar-refractivity contribution in [1.29, 1.82) is 0 Å². The number of carbonyl (C=O) groups excluding carboxylic acids is 2. The number of nitrogens with one attached hydrogen (secondary N) is 1. The number of thiazole rings is 1. The van der Waals surface area contributed by atoms with Gasteiger partial charge >= 0.3 is 0 Å². The number of anilines is 1. The van der Waals surface area contributed by atoms with Crippen LogP contribution in [0.1, 0.15) is 28.2 Å². The normalized spacial score (nSPS) is 25.6. The maximum Gasteiger partial charge on any atom is 0.267 e. The number of likely N-dealkylation sites (tertiary alicyclic amines) is 1. The maximum atomic E-state index is 12.8. The van der Waals surface area contributed by atoms with Crippen LogP contribution in [0.4, 0.5) is 5.13 Å². The fourth-order valence-corrected chi connectivity index (χ4v) is 4.64. The van der Waals surface area contributed by atoms with Crippen molar-refractivity contribution in [1.82, 2.24) is 19.5 Å². The van der Waals surface area contributed by atoms with E-state index < -0.39 is 0 Å². The molecule has 0 unspecified atom stereocenters. The Balaban J connectivity index is 1.50. The van der Waals surface area contributed by atoms with E-state index in [9.17, 15) is 9.59 Å². The van der Waals surface area contributed by atoms with E-state index in [-0.39, 0.29) is 29.9 Å². The zero-order valence-electron chi connectivity index (χ0n) is 13.5. The standard InChI is InChI=1S/C15H17N5O3S2/c1-8-12(25-19-18-8)14(22)20-5-2-9(11-10(20)3-6-23-11)13(21)17-15-16-4-7-24-15/h4,7,9-11H,2-3,5-6H2,1H3,(H,16,17,21)/t9-,10+,11-/m1/s1. The quantitative estimate of drug-likeness (QED) is 0.869. The zero-order chi connectivity index (χ0) is 17.4. The highest BCUT2D eigenvalue weighted by Crippen LogP contribution is 2.34. The van der Waals surface area contributed by atoms with Gasteiger partial charge in [0.25, 0.3) is 5.91 Å². The second-order valence-corrected chi connectivity index (χ2v) is 7.75. The van der Waals surface area contributed by atoms with Gasteiger partial charge < -0.3 is 15.0 Å². The highest BCUT2D eigenvalue weighted by Gasteiger charge is 2.47. The Labute approximate surface area is 152 Å². The fraction of sp³-hybridized carbons (Fsp3) is 0.533. The van der Waals surface area contributed by atoms with Crippen molar-refractivity contribution >= 4 is 39.8 Å². The summed E-state index contributed by atoms with van der Waals surface area (Å²) in [6.07, 6.45) is 2.68. The molecule has 8 nitrogen and oxygen atoms in total. The first-order valence-electron chi connectivity index (χ1n) is 8.07. The van der Waals surface area contributed by atoms with Crippen LogP contribution in [0.25, 0.3) is 0 Å². The molecule has 4 heterocycles. The number of hydrogen-bond acceptors (Lipinski definition) is 8. The van der Waals surface area contributed by atoms with Gasteiger partial charge in [0.2, 0.25) is 5.91 Å². The number of amides is 2. The lowest BCUT2D eigenvalue weighted by Crippen LogP contribution is -2.55. The van der Waals surface area contributed by atoms with Crippen molar-refractivity contribution < 1.29 is 14.3 Å². The summed E-state index contributed by atoms with van der Waals surface area (Å²) in [7, 11) is 0. The molecule has 10 heteroatoms. The van der Waals surface area contributed by atoms with Crippen LogP contribution in [-0.4, -0.2) is 56.6 Å². The fourth-order valence-electron chi connectivity index (χ4n) is 3.50. The molecule has 3 atom stereocenters. The second kappa shape index (κ2) is 6.77. The molecule has 0 saturated carbocycles. The number of ether oxygens (including phenoxy) is 1. The first-order valence-corrected chi connectivity index (χ1v) is 9.72. The summed E-state index contributed by atoms with van der Waals surface area (Å²) in [5.74, 6) is -0.428. The molecule has 4 rings (SSSR count). The Morgan fingerprint density at radius 1 is 1.40 bits per heavy atom. The van der Waals surface area contributed by atoms with Gasteiger partial charge in [0.05, 0.1) is 23.8 Å². The summed E-state index contributed by atoms with van der Waals surface area (Å²) in [5.41, 5.74) is 0.647. The molecular weight excluding hydrogens is 362 g/mol. The van der Waals surface area contributed by atoms with Gasteiger partial charge in [0.15, 0.2) is 5.13 Å². The van der Waals surface area contributed by atoms with Crippen molar-refractivity contribution in [3.63, 3.8) is 0 Å². The zero-order valence-corrected chi connectivity index (χ0v) is 15.2. The van der Waals surface area contributed by atoms with Crippen LogP contribution in [0.5, 0.6) is 0 Å². The molecule has 132 valence electrons. The van der Waals surface area contributed by atoms with Gasteiger partial charge in [-0.15, -0.1) is 16.4 Å². The van der Waals surface area contributed by atoms with Crippen LogP contribution < -0.4 is 5.32 Å². The van der Waals surface area contributed by atoms with E-state index in [1.807, 2.05) is 10.3 Å². The summed E-state index contributed by atoms with van der Waals surface area (Å²) in [4.78, 5) is 32.0. The van der Waals surface area contributed by atoms with Crippen LogP contribution in [0.2, 0.25) is 0 Å². The van der Waals surface area contributed by atoms with Gasteiger partial charge in [-0.1, -0.05) is 4.49 Å². The second-order valence-electron chi connectivity index (χ2n) is 6.10. The van der Waals surface area contributed by atoms with Crippen molar-refractivity contribution in [3.05, 3.63) is 22.1 Å². The first-order chi connectivity index (χ1) is 12.1. The Morgan fingerprint density at radius 2 is 2.28 bits per heavy atom. The minimum absolute atomic E-state index is 0.0632. The van der Waals surface area contributed by atoms with E-state index in [0.717, 1.165) is 18.0 Å². The summed E-state index contributed by atoms with van der Waals surface area (Å²) >= 11 is 2.50. The third-order valence-corrected chi connectivity index (χ3v) is 6.19. The summed E-state index contributed by atoms with van der Waals surface area (Å²) in [6.45, 7) is 2.87. The van der Waals surface area contributed by atoms with Crippen LogP contribution in [0, 0.1) is 12.8 Å². The van der Waals surface area contributed by atoms with Crippen LogP contribution in [0.3, 0.4) is 0 Å². The van der Waals surface area contributed by atoms with E-state index in [2.05, 4.69) is 19.9 Å². The molecule has 2 amide bonds. The highest BCUT2D eigenvalue weighted by atomic mass is 32.1. The number of hydrogen-bond donors (Lipinski definition) is 1. The summed E-state index contributed by atoms with van der Waals surface area (Å²) in [5, 5.41) is 9.18. The lowest BCUT2D eigenvalue weighted by molar-refractivity contribution is -0.127. The number of carbonyl (C=O) groups is 2. The predicted octanol–water partition coefficient (Wildman–Crippen LogP) is 1.56. The van der Waals surface area contributed by atoms with E-state index in [0.29, 0.717) is 35.3 Å². The van der Waals surface area contributed by atoms with E-state index in [1.165, 1.54) is 11.3 Å². The molecule has 2 aromatic heterocycles. The molecule has 1 N–H and O–H groups in total. The third-order valence-electron chi connectivity index (χ3n) is 4.69. The molecule has 2 aromatic rings. The van der Waals surface area contributed by atoms with Gasteiger partial charge in [-0.25, -0.2) is 4.98 Å². The number of nitrogens with zero attached hydrogens (tertiary/aromatic N) is 4. The smallest absolute Gasteiger partial charge is 0.267 e. The Bertz CT molecular complexity index is 778. The molecule has 25 heavy (non-hydrogen) atoms. The number of fused-ring (bicyclic) bond motifs is 1. The Kier molecular flexibility index (Phi) is 4.48. The summed E-state index contributed by atoms with van der Waals surface area (Å²) in [6, 6.07) is -0.0882. The van der Waals surface area contributed by atoms with E-state index in [4.69, 9.17) is 4.74 Å². The first kappa shape index (κ1) is 16.6. The van der Waals surface area contributed by atoms with Crippen LogP contribution >= 0.6 is 22.9 Å². The van der Waals surface area contributed by atoms with Gasteiger partial charge in [-0.2, -0.15) is 0 Å². The largest absolute Gasteiger partial charge is 0.375 e. The van der Waals surface area contributed by atoms with Crippen molar-refractivity contribution in [3.8, 4) is 0 Å². The molecule has 2 fully saturated rings. The van der Waals surface area contributed by atoms with Crippen molar-refractivity contribution in [2.45, 2.75) is 31.9 Å². The topological polar surface area (TPSA) is 97.3 Å². The van der Waals surface area contributed by atoms with Gasteiger partial charge in [0, 0.05) is 24.7 Å². The number of aryl methyl sites for hydroxylation is 1. The van der Waals surface area contributed by atoms with Crippen LogP contribution in [0.15, 0.2) is 11.6 Å². The van der Waals surface area contributed by atoms with E-state index in [1.54, 1.807) is 13.1 Å². The molecule has 0 aromatic carbocycles. The molecule has 0 aliphatic carbocycles. The number of piperidine rings is 1. The molecule has 2 aliphatic heterocycles. The molecule has 2 aliphatic rings. The molecular formula is C15H17N5O3S2. The third kappa shape index (κ3) is 3.05. The van der Waals surface area contributed by atoms with E-state index >= 15 is 0 Å². The van der Waals surface area contributed by atoms with Gasteiger partial charge in [0.1, 0.15) is 4.88 Å². The van der Waals surface area contributed by atoms with Crippen molar-refractivity contribution in [2.75, 3.05) is 18.5 Å². The van der Waals surface area contributed by atoms with Gasteiger partial charge in [-0.05, 0) is 31.3 Å². The van der Waals surface area contributed by atoms with Gasteiger partial charge in [-0.3, -0.25) is 9.59 Å². The minimum Gasteiger partial charge on any atom is -0.375 e. The average Bonchev–Trinajstić information content (AvgIpc) is 3.34. The lowest BCUT2D eigenvalue weighted by atomic mass is 9.86. The SMILES string of the molecule is Cc1nnsc1C(=O)N1CC[C@@H](C(=O)Nc2nccs2)[C@H]2OCC[C@@H]21. The molecule has 2 saturated heterocycles. The lowest BCUT2D eigenvalue weighted by Gasteiger charge is -2.40. The number of aromatic nitrogens is 3. The minimum atomic E-state index is -0.279. The monoisotopic (exact) mass is 379 g/mol. The predicted molar refractivity (Wildman–Crippen MR) is 92.7 cm³/mol. The average molecular weight is 379 g/mol. The Morgan fingerprint density at radius 3 is 3.00 bits per heavy atom. The summed E-state index contributed by atoms with van der Waals surface area (Å²) < 4.78 is 9.69. The van der Waals surface area contributed by atoms with Crippen LogP contribution in [-0.2, 0) is 9.53 Å². The molecule has 0 bridgehead atoms. The van der Waals surface area contributed by atoms with Crippen molar-refractivity contribution in [2.24, 2.45) is 5.92 Å². The maximum absolute atomic E-state index is 12.8. The number of rotatable bonds is 3. The molecule has 0 spiro atoms. The highest BCUT2D eigenvalue weighted by molar-refractivity contribution is 7.13. The molecule has 0 radical (unpaired) electrons. The Hall–Kier alpha value is -1.91.